The van der Waals surface area contributed by atoms with E-state index in [1.807, 2.05) is 0 Å². The van der Waals surface area contributed by atoms with Gasteiger partial charge in [-0.3, -0.25) is 0 Å². The van der Waals surface area contributed by atoms with Crippen LogP contribution in [-0.2, 0) is 0 Å². The van der Waals surface area contributed by atoms with Crippen LogP contribution in [0.4, 0.5) is 0 Å². The lowest BCUT2D eigenvalue weighted by Crippen LogP contribution is -2.08. The molecule has 15 heavy (non-hydrogen) atoms. The SMILES string of the molecule is Cc1nc(-c2cccs2)sc1C(C)CN. The van der Waals surface area contributed by atoms with Crippen molar-refractivity contribution in [3.05, 3.63) is 28.1 Å². The summed E-state index contributed by atoms with van der Waals surface area (Å²) in [7, 11) is 0. The number of nitrogens with two attached hydrogens (primary N) is 1. The predicted molar refractivity (Wildman–Crippen MR) is 67.6 cm³/mol. The number of hydrogen-bond acceptors (Lipinski definition) is 4. The molecule has 0 aromatic carbocycles. The van der Waals surface area contributed by atoms with Crippen molar-refractivity contribution in [1.29, 1.82) is 0 Å². The maximum Gasteiger partial charge on any atom is 0.133 e. The number of nitrogens with zero attached hydrogens (tertiary/aromatic N) is 1. The molecule has 2 aromatic rings. The molecule has 0 fully saturated rings. The van der Waals surface area contributed by atoms with E-state index in [-0.39, 0.29) is 0 Å². The number of aryl methyl sites for hydroxylation is 1. The highest BCUT2D eigenvalue weighted by Gasteiger charge is 2.14. The van der Waals surface area contributed by atoms with E-state index < -0.39 is 0 Å². The fraction of sp³-hybridized carbons (Fsp3) is 0.364. The molecule has 4 heteroatoms. The fourth-order valence-corrected chi connectivity index (χ4v) is 3.41. The van der Waals surface area contributed by atoms with Crippen molar-refractivity contribution in [3.63, 3.8) is 0 Å². The first kappa shape index (κ1) is 10.8. The zero-order chi connectivity index (χ0) is 10.8. The van der Waals surface area contributed by atoms with Gasteiger partial charge in [-0.2, -0.15) is 0 Å². The molecule has 0 aliphatic heterocycles. The van der Waals surface area contributed by atoms with Crippen molar-refractivity contribution in [3.8, 4) is 9.88 Å². The third-order valence-electron chi connectivity index (χ3n) is 2.37. The summed E-state index contributed by atoms with van der Waals surface area (Å²) in [5.41, 5.74) is 6.81. The van der Waals surface area contributed by atoms with E-state index in [2.05, 4.69) is 36.3 Å². The van der Waals surface area contributed by atoms with E-state index >= 15 is 0 Å². The molecule has 1 unspecified atom stereocenters. The lowest BCUT2D eigenvalue weighted by molar-refractivity contribution is 0.780. The maximum absolute atomic E-state index is 5.68. The molecule has 0 amide bonds. The molecule has 0 spiro atoms. The zero-order valence-electron chi connectivity index (χ0n) is 8.86. The van der Waals surface area contributed by atoms with E-state index in [4.69, 9.17) is 5.73 Å². The Labute approximate surface area is 97.8 Å². The number of aromatic nitrogens is 1. The molecule has 0 bridgehead atoms. The molecule has 2 aromatic heterocycles. The Hall–Kier alpha value is -0.710. The summed E-state index contributed by atoms with van der Waals surface area (Å²) in [4.78, 5) is 7.16. The van der Waals surface area contributed by atoms with E-state index in [0.29, 0.717) is 12.5 Å². The summed E-state index contributed by atoms with van der Waals surface area (Å²) in [6, 6.07) is 4.17. The second-order valence-corrected chi connectivity index (χ2v) is 5.56. The van der Waals surface area contributed by atoms with Gasteiger partial charge in [-0.1, -0.05) is 13.0 Å². The van der Waals surface area contributed by atoms with Crippen LogP contribution in [0.3, 0.4) is 0 Å². The van der Waals surface area contributed by atoms with Crippen LogP contribution < -0.4 is 5.73 Å². The van der Waals surface area contributed by atoms with Crippen LogP contribution in [0.25, 0.3) is 9.88 Å². The first-order valence-corrected chi connectivity index (χ1v) is 6.63. The van der Waals surface area contributed by atoms with Crippen molar-refractivity contribution in [2.45, 2.75) is 19.8 Å². The first-order chi connectivity index (χ1) is 7.22. The molecule has 0 saturated carbocycles. The van der Waals surface area contributed by atoms with Gasteiger partial charge in [0, 0.05) is 10.8 Å². The average molecular weight is 238 g/mol. The summed E-state index contributed by atoms with van der Waals surface area (Å²) in [5, 5.41) is 3.20. The van der Waals surface area contributed by atoms with Crippen LogP contribution >= 0.6 is 22.7 Å². The van der Waals surface area contributed by atoms with Gasteiger partial charge in [0.25, 0.3) is 0 Å². The van der Waals surface area contributed by atoms with Gasteiger partial charge in [0.1, 0.15) is 5.01 Å². The number of thiophene rings is 1. The summed E-state index contributed by atoms with van der Waals surface area (Å²) in [6.07, 6.45) is 0. The van der Waals surface area contributed by atoms with E-state index in [9.17, 15) is 0 Å². The molecule has 0 aliphatic rings. The van der Waals surface area contributed by atoms with E-state index in [1.54, 1.807) is 22.7 Å². The molecular weight excluding hydrogens is 224 g/mol. The lowest BCUT2D eigenvalue weighted by Gasteiger charge is -2.04. The van der Waals surface area contributed by atoms with Gasteiger partial charge in [-0.25, -0.2) is 4.98 Å². The Morgan fingerprint density at radius 2 is 2.33 bits per heavy atom. The van der Waals surface area contributed by atoms with Gasteiger partial charge >= 0.3 is 0 Å². The van der Waals surface area contributed by atoms with Crippen molar-refractivity contribution in [2.24, 2.45) is 5.73 Å². The van der Waals surface area contributed by atoms with Crippen LogP contribution in [0.5, 0.6) is 0 Å². The number of hydrogen-bond donors (Lipinski definition) is 1. The minimum absolute atomic E-state index is 0.413. The zero-order valence-corrected chi connectivity index (χ0v) is 10.5. The molecule has 2 nitrogen and oxygen atoms in total. The van der Waals surface area contributed by atoms with Crippen LogP contribution in [0.15, 0.2) is 17.5 Å². The molecule has 80 valence electrons. The van der Waals surface area contributed by atoms with Crippen molar-refractivity contribution in [1.82, 2.24) is 4.98 Å². The third kappa shape index (κ3) is 2.12. The van der Waals surface area contributed by atoms with Crippen LogP contribution in [0.2, 0.25) is 0 Å². The minimum atomic E-state index is 0.413. The normalized spacial score (nSPS) is 13.0. The Balaban J connectivity index is 2.37. The summed E-state index contributed by atoms with van der Waals surface area (Å²) in [5.74, 6) is 0.413. The minimum Gasteiger partial charge on any atom is -0.330 e. The Bertz CT molecular complexity index is 431. The standard InChI is InChI=1S/C11H14N2S2/c1-7(6-12)10-8(2)13-11(15-10)9-4-3-5-14-9/h3-5,7H,6,12H2,1-2H3. The largest absolute Gasteiger partial charge is 0.330 e. The van der Waals surface area contributed by atoms with Crippen LogP contribution in [0.1, 0.15) is 23.4 Å². The Morgan fingerprint density at radius 1 is 1.53 bits per heavy atom. The van der Waals surface area contributed by atoms with E-state index in [1.165, 1.54) is 9.75 Å². The topological polar surface area (TPSA) is 38.9 Å². The first-order valence-electron chi connectivity index (χ1n) is 4.93. The van der Waals surface area contributed by atoms with Gasteiger partial charge < -0.3 is 5.73 Å². The lowest BCUT2D eigenvalue weighted by atomic mass is 10.1. The maximum atomic E-state index is 5.68. The second-order valence-electron chi connectivity index (χ2n) is 3.58. The highest BCUT2D eigenvalue weighted by atomic mass is 32.1. The highest BCUT2D eigenvalue weighted by Crippen LogP contribution is 2.34. The predicted octanol–water partition coefficient (Wildman–Crippen LogP) is 3.24. The molecular formula is C11H14N2S2. The highest BCUT2D eigenvalue weighted by molar-refractivity contribution is 7.21. The molecule has 0 saturated heterocycles. The monoisotopic (exact) mass is 238 g/mol. The molecule has 1 atom stereocenters. The molecule has 2 rings (SSSR count). The fourth-order valence-electron chi connectivity index (χ4n) is 1.48. The molecule has 0 aliphatic carbocycles. The summed E-state index contributed by atoms with van der Waals surface area (Å²) >= 11 is 3.50. The van der Waals surface area contributed by atoms with E-state index in [0.717, 1.165) is 10.7 Å². The van der Waals surface area contributed by atoms with Gasteiger partial charge in [0.15, 0.2) is 0 Å². The molecule has 2 heterocycles. The molecule has 2 N–H and O–H groups in total. The van der Waals surface area contributed by atoms with Crippen molar-refractivity contribution >= 4 is 22.7 Å². The summed E-state index contributed by atoms with van der Waals surface area (Å²) in [6.45, 7) is 4.90. The van der Waals surface area contributed by atoms with Crippen LogP contribution in [0, 0.1) is 6.92 Å². The third-order valence-corrected chi connectivity index (χ3v) is 4.79. The smallest absolute Gasteiger partial charge is 0.133 e. The molecule has 0 radical (unpaired) electrons. The van der Waals surface area contributed by atoms with Gasteiger partial charge in [-0.05, 0) is 24.9 Å². The van der Waals surface area contributed by atoms with Crippen molar-refractivity contribution < 1.29 is 0 Å². The Morgan fingerprint density at radius 3 is 2.93 bits per heavy atom. The summed E-state index contributed by atoms with van der Waals surface area (Å²) < 4.78 is 0. The number of rotatable bonds is 3. The second kappa shape index (κ2) is 4.43. The van der Waals surface area contributed by atoms with Gasteiger partial charge in [-0.15, -0.1) is 22.7 Å². The average Bonchev–Trinajstić information content (AvgIpc) is 2.84. The van der Waals surface area contributed by atoms with Gasteiger partial charge in [0.2, 0.25) is 0 Å². The number of thiazole rings is 1. The quantitative estimate of drug-likeness (QED) is 0.891. The van der Waals surface area contributed by atoms with Crippen LogP contribution in [-0.4, -0.2) is 11.5 Å². The van der Waals surface area contributed by atoms with Gasteiger partial charge in [0.05, 0.1) is 10.6 Å². The Kier molecular flexibility index (Phi) is 3.19. The van der Waals surface area contributed by atoms with Crippen molar-refractivity contribution in [2.75, 3.05) is 6.54 Å².